The Kier molecular flexibility index (Phi) is 4.85. The van der Waals surface area contributed by atoms with Gasteiger partial charge in [0.25, 0.3) is 0 Å². The fourth-order valence-corrected chi connectivity index (χ4v) is 3.44. The number of ether oxygens (including phenoxy) is 1. The minimum atomic E-state index is -3.51. The molecular weight excluding hydrogens is 278 g/mol. The maximum Gasteiger partial charge on any atom is 0.242 e. The van der Waals surface area contributed by atoms with Gasteiger partial charge >= 0.3 is 0 Å². The van der Waals surface area contributed by atoms with Crippen LogP contribution in [0.5, 0.6) is 0 Å². The highest BCUT2D eigenvalue weighted by Gasteiger charge is 2.28. The molecule has 0 spiro atoms. The lowest BCUT2D eigenvalue weighted by Gasteiger charge is -2.13. The number of sulfonamides is 1. The summed E-state index contributed by atoms with van der Waals surface area (Å²) in [5.41, 5.74) is 6.55. The Bertz CT molecular complexity index is 549. The van der Waals surface area contributed by atoms with Crippen LogP contribution < -0.4 is 10.5 Å². The zero-order valence-electron chi connectivity index (χ0n) is 12.0. The van der Waals surface area contributed by atoms with Gasteiger partial charge in [0.1, 0.15) is 0 Å². The van der Waals surface area contributed by atoms with Crippen LogP contribution in [0, 0.1) is 0 Å². The standard InChI is InChI=1S/C13H23N3O3S/c1-3-19-9-10(2)15-20(17,18)13-6-12(7-14)16(8-13)11-4-5-11/h6,8,10-11,15H,3-5,7,9,14H2,1-2H3. The third-order valence-electron chi connectivity index (χ3n) is 3.29. The number of aromatic nitrogens is 1. The molecule has 6 nitrogen and oxygen atoms in total. The molecule has 114 valence electrons. The average Bonchev–Trinajstić information content (AvgIpc) is 3.14. The number of nitrogens with one attached hydrogen (secondary N) is 1. The highest BCUT2D eigenvalue weighted by Crippen LogP contribution is 2.37. The monoisotopic (exact) mass is 301 g/mol. The van der Waals surface area contributed by atoms with E-state index < -0.39 is 10.0 Å². The van der Waals surface area contributed by atoms with Gasteiger partial charge in [-0.1, -0.05) is 0 Å². The molecule has 2 rings (SSSR count). The van der Waals surface area contributed by atoms with Crippen molar-refractivity contribution >= 4 is 10.0 Å². The second-order valence-electron chi connectivity index (χ2n) is 5.19. The van der Waals surface area contributed by atoms with Gasteiger partial charge in [0.2, 0.25) is 10.0 Å². The van der Waals surface area contributed by atoms with E-state index in [1.165, 1.54) is 0 Å². The Morgan fingerprint density at radius 2 is 2.25 bits per heavy atom. The average molecular weight is 301 g/mol. The Hall–Kier alpha value is -0.890. The van der Waals surface area contributed by atoms with E-state index in [1.807, 2.05) is 11.5 Å². The number of nitrogens with zero attached hydrogens (tertiary/aromatic N) is 1. The molecule has 20 heavy (non-hydrogen) atoms. The first-order valence-corrected chi connectivity index (χ1v) is 8.47. The van der Waals surface area contributed by atoms with E-state index in [0.717, 1.165) is 18.5 Å². The van der Waals surface area contributed by atoms with Crippen molar-refractivity contribution in [1.29, 1.82) is 0 Å². The highest BCUT2D eigenvalue weighted by atomic mass is 32.2. The molecule has 0 saturated heterocycles. The first-order valence-electron chi connectivity index (χ1n) is 6.98. The predicted molar refractivity (Wildman–Crippen MR) is 76.9 cm³/mol. The molecule has 1 atom stereocenters. The van der Waals surface area contributed by atoms with E-state index in [4.69, 9.17) is 10.5 Å². The number of nitrogens with two attached hydrogens (primary N) is 1. The van der Waals surface area contributed by atoms with Crippen molar-refractivity contribution in [2.45, 2.75) is 50.2 Å². The molecule has 1 saturated carbocycles. The van der Waals surface area contributed by atoms with Gasteiger partial charge in [-0.3, -0.25) is 0 Å². The van der Waals surface area contributed by atoms with Crippen molar-refractivity contribution in [3.8, 4) is 0 Å². The van der Waals surface area contributed by atoms with Crippen LogP contribution in [0.25, 0.3) is 0 Å². The van der Waals surface area contributed by atoms with E-state index in [-0.39, 0.29) is 10.9 Å². The van der Waals surface area contributed by atoms with E-state index >= 15 is 0 Å². The van der Waals surface area contributed by atoms with Crippen LogP contribution in [-0.4, -0.2) is 32.2 Å². The van der Waals surface area contributed by atoms with Crippen LogP contribution in [-0.2, 0) is 21.3 Å². The minimum absolute atomic E-state index is 0.259. The summed E-state index contributed by atoms with van der Waals surface area (Å²) in [7, 11) is -3.51. The van der Waals surface area contributed by atoms with Gasteiger partial charge in [0.05, 0.1) is 11.5 Å². The van der Waals surface area contributed by atoms with Crippen LogP contribution in [0.15, 0.2) is 17.2 Å². The van der Waals surface area contributed by atoms with E-state index in [1.54, 1.807) is 19.2 Å². The van der Waals surface area contributed by atoms with Gasteiger partial charge in [-0.15, -0.1) is 0 Å². The topological polar surface area (TPSA) is 86.3 Å². The van der Waals surface area contributed by atoms with E-state index in [9.17, 15) is 8.42 Å². The second-order valence-corrected chi connectivity index (χ2v) is 6.91. The van der Waals surface area contributed by atoms with Crippen molar-refractivity contribution in [3.63, 3.8) is 0 Å². The summed E-state index contributed by atoms with van der Waals surface area (Å²) in [4.78, 5) is 0.285. The maximum atomic E-state index is 12.3. The molecule has 3 N–H and O–H groups in total. The van der Waals surface area contributed by atoms with Gasteiger partial charge in [0, 0.05) is 37.1 Å². The summed E-state index contributed by atoms with van der Waals surface area (Å²) in [6.45, 7) is 4.95. The first kappa shape index (κ1) is 15.5. The molecule has 0 aliphatic heterocycles. The van der Waals surface area contributed by atoms with Crippen molar-refractivity contribution in [2.75, 3.05) is 13.2 Å². The van der Waals surface area contributed by atoms with Crippen LogP contribution in [0.1, 0.15) is 38.4 Å². The lowest BCUT2D eigenvalue weighted by Crippen LogP contribution is -2.35. The Labute approximate surface area is 120 Å². The molecular formula is C13H23N3O3S. The molecule has 1 heterocycles. The van der Waals surface area contributed by atoms with Gasteiger partial charge in [-0.2, -0.15) is 0 Å². The van der Waals surface area contributed by atoms with Crippen LogP contribution in [0.2, 0.25) is 0 Å². The molecule has 1 aromatic heterocycles. The predicted octanol–water partition coefficient (Wildman–Crippen LogP) is 0.985. The molecule has 1 aliphatic carbocycles. The molecule has 1 unspecified atom stereocenters. The molecule has 0 amide bonds. The normalized spacial score (nSPS) is 17.4. The fourth-order valence-electron chi connectivity index (χ4n) is 2.16. The number of hydrogen-bond acceptors (Lipinski definition) is 4. The van der Waals surface area contributed by atoms with Crippen LogP contribution >= 0.6 is 0 Å². The smallest absolute Gasteiger partial charge is 0.242 e. The third kappa shape index (κ3) is 3.60. The quantitative estimate of drug-likeness (QED) is 0.749. The third-order valence-corrected chi connectivity index (χ3v) is 4.85. The number of hydrogen-bond donors (Lipinski definition) is 2. The summed E-state index contributed by atoms with van der Waals surface area (Å²) in [6, 6.07) is 1.82. The maximum absolute atomic E-state index is 12.3. The fraction of sp³-hybridized carbons (Fsp3) is 0.692. The Morgan fingerprint density at radius 1 is 1.55 bits per heavy atom. The van der Waals surface area contributed by atoms with Gasteiger partial charge in [-0.25, -0.2) is 13.1 Å². The lowest BCUT2D eigenvalue weighted by molar-refractivity contribution is 0.133. The summed E-state index contributed by atoms with van der Waals surface area (Å²) in [5.74, 6) is 0. The van der Waals surface area contributed by atoms with E-state index in [0.29, 0.717) is 25.8 Å². The summed E-state index contributed by atoms with van der Waals surface area (Å²) in [6.07, 6.45) is 3.88. The van der Waals surface area contributed by atoms with Crippen molar-refractivity contribution in [3.05, 3.63) is 18.0 Å². The van der Waals surface area contributed by atoms with E-state index in [2.05, 4.69) is 4.72 Å². The summed E-state index contributed by atoms with van der Waals surface area (Å²) < 4.78 is 34.5. The lowest BCUT2D eigenvalue weighted by atomic mass is 10.4. The van der Waals surface area contributed by atoms with Crippen molar-refractivity contribution in [2.24, 2.45) is 5.73 Å². The molecule has 1 aliphatic rings. The summed E-state index contributed by atoms with van der Waals surface area (Å²) in [5, 5.41) is 0. The van der Waals surface area contributed by atoms with Gasteiger partial charge in [0.15, 0.2) is 0 Å². The van der Waals surface area contributed by atoms with Gasteiger partial charge in [-0.05, 0) is 32.8 Å². The Balaban J connectivity index is 2.12. The van der Waals surface area contributed by atoms with Crippen LogP contribution in [0.4, 0.5) is 0 Å². The SMILES string of the molecule is CCOCC(C)NS(=O)(=O)c1cc(CN)n(C2CC2)c1. The molecule has 1 fully saturated rings. The molecule has 7 heteroatoms. The summed E-state index contributed by atoms with van der Waals surface area (Å²) >= 11 is 0. The first-order chi connectivity index (χ1) is 9.47. The molecule has 0 bridgehead atoms. The molecule has 0 aromatic carbocycles. The van der Waals surface area contributed by atoms with Crippen LogP contribution in [0.3, 0.4) is 0 Å². The zero-order valence-corrected chi connectivity index (χ0v) is 12.8. The molecule has 0 radical (unpaired) electrons. The Morgan fingerprint density at radius 3 is 2.80 bits per heavy atom. The second kappa shape index (κ2) is 6.26. The van der Waals surface area contributed by atoms with Crippen molar-refractivity contribution in [1.82, 2.24) is 9.29 Å². The molecule has 1 aromatic rings. The van der Waals surface area contributed by atoms with Gasteiger partial charge < -0.3 is 15.0 Å². The minimum Gasteiger partial charge on any atom is -0.380 e. The highest BCUT2D eigenvalue weighted by molar-refractivity contribution is 7.89. The zero-order chi connectivity index (χ0) is 14.8. The largest absolute Gasteiger partial charge is 0.380 e. The van der Waals surface area contributed by atoms with Crippen molar-refractivity contribution < 1.29 is 13.2 Å². The number of rotatable bonds is 8.